The van der Waals surface area contributed by atoms with Crippen LogP contribution in [0.1, 0.15) is 38.2 Å². The number of rotatable bonds is 4. The highest BCUT2D eigenvalue weighted by molar-refractivity contribution is 7.89. The Kier molecular flexibility index (Phi) is 4.47. The number of hydrogen-bond acceptors (Lipinski definition) is 3. The fraction of sp³-hybridized carbons (Fsp3) is 0.588. The Hall–Kier alpha value is -1.40. The molecule has 0 bridgehead atoms. The summed E-state index contributed by atoms with van der Waals surface area (Å²) in [6.45, 7) is 5.93. The van der Waals surface area contributed by atoms with Crippen molar-refractivity contribution in [1.82, 2.24) is 9.21 Å². The summed E-state index contributed by atoms with van der Waals surface area (Å²) in [5.74, 6) is 0.772. The van der Waals surface area contributed by atoms with Crippen molar-refractivity contribution in [1.29, 1.82) is 0 Å². The Bertz CT molecular complexity index is 670. The smallest absolute Gasteiger partial charge is 0.243 e. The number of carbonyl (C=O) groups excluding carboxylic acids is 1. The van der Waals surface area contributed by atoms with Gasteiger partial charge in [-0.2, -0.15) is 4.31 Å². The van der Waals surface area contributed by atoms with E-state index in [1.54, 1.807) is 12.1 Å². The lowest BCUT2D eigenvalue weighted by atomic mass is 10.0. The minimum atomic E-state index is -3.46. The minimum absolute atomic E-state index is 0.196. The van der Waals surface area contributed by atoms with Crippen molar-refractivity contribution in [3.05, 3.63) is 29.8 Å². The number of amides is 1. The maximum Gasteiger partial charge on any atom is 0.243 e. The van der Waals surface area contributed by atoms with Crippen molar-refractivity contribution >= 4 is 15.9 Å². The van der Waals surface area contributed by atoms with Gasteiger partial charge in [0.05, 0.1) is 4.90 Å². The fourth-order valence-corrected chi connectivity index (χ4v) is 4.33. The van der Waals surface area contributed by atoms with Crippen molar-refractivity contribution in [2.45, 2.75) is 37.5 Å². The molecule has 0 aromatic heterocycles. The van der Waals surface area contributed by atoms with Crippen LogP contribution in [0.15, 0.2) is 29.2 Å². The van der Waals surface area contributed by atoms with Crippen molar-refractivity contribution in [2.75, 3.05) is 26.2 Å². The molecule has 23 heavy (non-hydrogen) atoms. The zero-order valence-corrected chi connectivity index (χ0v) is 14.6. The Morgan fingerprint density at radius 2 is 1.61 bits per heavy atom. The summed E-state index contributed by atoms with van der Waals surface area (Å²) >= 11 is 0. The number of nitrogens with zero attached hydrogens (tertiary/aromatic N) is 2. The van der Waals surface area contributed by atoms with Crippen LogP contribution < -0.4 is 0 Å². The molecule has 0 unspecified atom stereocenters. The van der Waals surface area contributed by atoms with Crippen LogP contribution >= 0.6 is 0 Å². The lowest BCUT2D eigenvalue weighted by molar-refractivity contribution is -0.133. The first-order valence-corrected chi connectivity index (χ1v) is 9.72. The average Bonchev–Trinajstić information content (AvgIpc) is 3.39. The fourth-order valence-electron chi connectivity index (χ4n) is 2.91. The van der Waals surface area contributed by atoms with E-state index in [4.69, 9.17) is 0 Å². The van der Waals surface area contributed by atoms with Crippen LogP contribution in [-0.4, -0.2) is 49.7 Å². The van der Waals surface area contributed by atoms with E-state index in [0.29, 0.717) is 37.0 Å². The third-order valence-corrected chi connectivity index (χ3v) is 6.57. The summed E-state index contributed by atoms with van der Waals surface area (Å²) in [6.07, 6.45) is 1.97. The second kappa shape index (κ2) is 6.24. The summed E-state index contributed by atoms with van der Waals surface area (Å²) in [6, 6.07) is 7.13. The normalized spacial score (nSPS) is 20.0. The van der Waals surface area contributed by atoms with E-state index in [1.165, 1.54) is 4.31 Å². The predicted molar refractivity (Wildman–Crippen MR) is 88.6 cm³/mol. The van der Waals surface area contributed by atoms with Gasteiger partial charge >= 0.3 is 0 Å². The van der Waals surface area contributed by atoms with E-state index in [0.717, 1.165) is 18.4 Å². The maximum absolute atomic E-state index is 12.7. The highest BCUT2D eigenvalue weighted by Gasteiger charge is 2.36. The lowest BCUT2D eigenvalue weighted by Crippen LogP contribution is -2.50. The van der Waals surface area contributed by atoms with Gasteiger partial charge in [-0.3, -0.25) is 4.79 Å². The average molecular weight is 336 g/mol. The SMILES string of the molecule is CC(C)c1ccc(S(=O)(=O)N2CCN(C(=O)C3CC3)CC2)cc1. The maximum atomic E-state index is 12.7. The van der Waals surface area contributed by atoms with E-state index in [1.807, 2.05) is 17.0 Å². The summed E-state index contributed by atoms with van der Waals surface area (Å²) < 4.78 is 26.9. The molecule has 1 heterocycles. The van der Waals surface area contributed by atoms with Crippen molar-refractivity contribution in [3.8, 4) is 0 Å². The number of carbonyl (C=O) groups is 1. The molecular weight excluding hydrogens is 312 g/mol. The van der Waals surface area contributed by atoms with Gasteiger partial charge in [0.25, 0.3) is 0 Å². The number of sulfonamides is 1. The van der Waals surface area contributed by atoms with E-state index >= 15 is 0 Å². The van der Waals surface area contributed by atoms with Gasteiger partial charge in [-0.15, -0.1) is 0 Å². The van der Waals surface area contributed by atoms with E-state index in [9.17, 15) is 13.2 Å². The van der Waals surface area contributed by atoms with Crippen LogP contribution in [0.5, 0.6) is 0 Å². The third-order valence-electron chi connectivity index (χ3n) is 4.66. The quantitative estimate of drug-likeness (QED) is 0.845. The molecule has 1 saturated heterocycles. The topological polar surface area (TPSA) is 57.7 Å². The van der Waals surface area contributed by atoms with Gasteiger partial charge in [-0.1, -0.05) is 26.0 Å². The third kappa shape index (κ3) is 3.43. The molecule has 1 aromatic carbocycles. The van der Waals surface area contributed by atoms with Crippen LogP contribution in [0, 0.1) is 5.92 Å². The highest BCUT2D eigenvalue weighted by Crippen LogP contribution is 2.31. The largest absolute Gasteiger partial charge is 0.340 e. The monoisotopic (exact) mass is 336 g/mol. The van der Waals surface area contributed by atoms with Gasteiger partial charge in [0.15, 0.2) is 0 Å². The molecule has 3 rings (SSSR count). The molecule has 126 valence electrons. The van der Waals surface area contributed by atoms with Gasteiger partial charge in [0, 0.05) is 32.1 Å². The van der Waals surface area contributed by atoms with Crippen molar-refractivity contribution in [2.24, 2.45) is 5.92 Å². The summed E-state index contributed by atoms with van der Waals surface area (Å²) in [7, 11) is -3.46. The molecule has 0 spiro atoms. The van der Waals surface area contributed by atoms with Crippen LogP contribution in [0.3, 0.4) is 0 Å². The van der Waals surface area contributed by atoms with E-state index in [2.05, 4.69) is 13.8 Å². The van der Waals surface area contributed by atoms with Crippen molar-refractivity contribution < 1.29 is 13.2 Å². The lowest BCUT2D eigenvalue weighted by Gasteiger charge is -2.34. The predicted octanol–water partition coefficient (Wildman–Crippen LogP) is 2.05. The van der Waals surface area contributed by atoms with Gasteiger partial charge in [0.1, 0.15) is 0 Å². The molecule has 0 atom stereocenters. The van der Waals surface area contributed by atoms with Crippen LogP contribution in [-0.2, 0) is 14.8 Å². The van der Waals surface area contributed by atoms with Crippen molar-refractivity contribution in [3.63, 3.8) is 0 Å². The van der Waals surface area contributed by atoms with Gasteiger partial charge < -0.3 is 4.90 Å². The number of hydrogen-bond donors (Lipinski definition) is 0. The second-order valence-electron chi connectivity index (χ2n) is 6.73. The van der Waals surface area contributed by atoms with E-state index in [-0.39, 0.29) is 11.8 Å². The van der Waals surface area contributed by atoms with Crippen LogP contribution in [0.25, 0.3) is 0 Å². The number of benzene rings is 1. The molecule has 1 amide bonds. The summed E-state index contributed by atoms with van der Waals surface area (Å²) in [5, 5.41) is 0. The molecule has 1 aromatic rings. The molecule has 1 aliphatic carbocycles. The first-order valence-electron chi connectivity index (χ1n) is 8.28. The zero-order chi connectivity index (χ0) is 16.6. The summed E-state index contributed by atoms with van der Waals surface area (Å²) in [4.78, 5) is 14.2. The molecule has 0 radical (unpaired) electrons. The molecule has 2 aliphatic rings. The molecular formula is C17H24N2O3S. The standard InChI is InChI=1S/C17H24N2O3S/c1-13(2)14-5-7-16(8-6-14)23(21,22)19-11-9-18(10-12-19)17(20)15-3-4-15/h5-8,13,15H,3-4,9-12H2,1-2H3. The summed E-state index contributed by atoms with van der Waals surface area (Å²) in [5.41, 5.74) is 1.13. The molecule has 2 fully saturated rings. The Morgan fingerprint density at radius 1 is 1.04 bits per heavy atom. The van der Waals surface area contributed by atoms with Gasteiger partial charge in [-0.05, 0) is 36.5 Å². The van der Waals surface area contributed by atoms with Crippen LogP contribution in [0.2, 0.25) is 0 Å². The van der Waals surface area contributed by atoms with Gasteiger partial charge in [0.2, 0.25) is 15.9 Å². The molecule has 6 heteroatoms. The Labute approximate surface area is 138 Å². The number of piperazine rings is 1. The first kappa shape index (κ1) is 16.5. The molecule has 1 saturated carbocycles. The molecule has 5 nitrogen and oxygen atoms in total. The van der Waals surface area contributed by atoms with Crippen LogP contribution in [0.4, 0.5) is 0 Å². The zero-order valence-electron chi connectivity index (χ0n) is 13.7. The Balaban J connectivity index is 1.67. The van der Waals surface area contributed by atoms with E-state index < -0.39 is 10.0 Å². The molecule has 1 aliphatic heterocycles. The minimum Gasteiger partial charge on any atom is -0.340 e. The first-order chi connectivity index (χ1) is 10.9. The Morgan fingerprint density at radius 3 is 2.09 bits per heavy atom. The second-order valence-corrected chi connectivity index (χ2v) is 8.67. The molecule has 0 N–H and O–H groups in total. The highest BCUT2D eigenvalue weighted by atomic mass is 32.2. The van der Waals surface area contributed by atoms with Gasteiger partial charge in [-0.25, -0.2) is 8.42 Å².